The average Bonchev–Trinajstić information content (AvgIpc) is 2.90. The normalized spacial score (nSPS) is 10.5. The number of amides is 1. The highest BCUT2D eigenvalue weighted by Gasteiger charge is 2.15. The number of carbonyl (C=O) groups is 1. The van der Waals surface area contributed by atoms with E-state index in [9.17, 15) is 4.79 Å². The molecule has 1 amide bonds. The fourth-order valence-electron chi connectivity index (χ4n) is 1.69. The van der Waals surface area contributed by atoms with Crippen molar-refractivity contribution < 1.29 is 4.79 Å². The van der Waals surface area contributed by atoms with E-state index in [2.05, 4.69) is 15.4 Å². The Labute approximate surface area is 132 Å². The van der Waals surface area contributed by atoms with Gasteiger partial charge in [-0.15, -0.1) is 0 Å². The first kappa shape index (κ1) is 15.6. The molecule has 0 fully saturated rings. The lowest BCUT2D eigenvalue weighted by Crippen LogP contribution is -2.22. The van der Waals surface area contributed by atoms with Crippen LogP contribution >= 0.6 is 23.2 Å². The topological polar surface area (TPSA) is 63.1 Å². The molecule has 2 aromatic heterocycles. The summed E-state index contributed by atoms with van der Waals surface area (Å²) in [5.41, 5.74) is 0.317. The van der Waals surface area contributed by atoms with Crippen molar-refractivity contribution in [2.45, 2.75) is 6.92 Å². The van der Waals surface area contributed by atoms with Gasteiger partial charge in [-0.25, -0.2) is 9.67 Å². The molecule has 2 heterocycles. The molecular weight excluding hydrogens is 313 g/mol. The van der Waals surface area contributed by atoms with E-state index in [0.717, 1.165) is 0 Å². The number of hydrogen-bond acceptors (Lipinski definition) is 4. The second-order valence-electron chi connectivity index (χ2n) is 4.50. The van der Waals surface area contributed by atoms with Gasteiger partial charge in [0.15, 0.2) is 11.5 Å². The van der Waals surface area contributed by atoms with E-state index in [4.69, 9.17) is 23.2 Å². The van der Waals surface area contributed by atoms with Crippen LogP contribution in [0.15, 0.2) is 18.3 Å². The Morgan fingerprint density at radius 3 is 2.71 bits per heavy atom. The SMILES string of the molecule is CCNc1nc(-n2ccc(C(=O)N(C)C)n2)c(Cl)cc1Cl. The zero-order chi connectivity index (χ0) is 15.6. The van der Waals surface area contributed by atoms with Crippen LogP contribution in [0.5, 0.6) is 0 Å². The number of nitrogens with zero attached hydrogens (tertiary/aromatic N) is 4. The van der Waals surface area contributed by atoms with E-state index in [1.807, 2.05) is 6.92 Å². The van der Waals surface area contributed by atoms with Gasteiger partial charge in [-0.05, 0) is 19.1 Å². The molecule has 0 unspecified atom stereocenters. The highest BCUT2D eigenvalue weighted by atomic mass is 35.5. The van der Waals surface area contributed by atoms with Gasteiger partial charge in [-0.1, -0.05) is 23.2 Å². The highest BCUT2D eigenvalue weighted by Crippen LogP contribution is 2.28. The Kier molecular flexibility index (Phi) is 4.69. The lowest BCUT2D eigenvalue weighted by molar-refractivity contribution is 0.0821. The lowest BCUT2D eigenvalue weighted by Gasteiger charge is -2.10. The van der Waals surface area contributed by atoms with E-state index in [0.29, 0.717) is 33.9 Å². The van der Waals surface area contributed by atoms with Crippen molar-refractivity contribution in [3.05, 3.63) is 34.1 Å². The van der Waals surface area contributed by atoms with Crippen LogP contribution in [0.2, 0.25) is 10.0 Å². The Hall–Kier alpha value is -1.79. The minimum absolute atomic E-state index is 0.189. The van der Waals surface area contributed by atoms with E-state index in [1.54, 1.807) is 32.4 Å². The predicted octanol–water partition coefficient (Wildman–Crippen LogP) is 2.71. The average molecular weight is 328 g/mol. The van der Waals surface area contributed by atoms with Gasteiger partial charge in [0, 0.05) is 26.8 Å². The summed E-state index contributed by atoms with van der Waals surface area (Å²) in [7, 11) is 3.33. The predicted molar refractivity (Wildman–Crippen MR) is 83.6 cm³/mol. The van der Waals surface area contributed by atoms with Gasteiger partial charge < -0.3 is 10.2 Å². The van der Waals surface area contributed by atoms with Crippen molar-refractivity contribution in [2.24, 2.45) is 0 Å². The fraction of sp³-hybridized carbons (Fsp3) is 0.308. The van der Waals surface area contributed by atoms with Crippen LogP contribution in [0.4, 0.5) is 5.82 Å². The third-order valence-electron chi connectivity index (χ3n) is 2.69. The van der Waals surface area contributed by atoms with Gasteiger partial charge in [0.1, 0.15) is 5.82 Å². The maximum Gasteiger partial charge on any atom is 0.273 e. The van der Waals surface area contributed by atoms with Crippen molar-refractivity contribution in [2.75, 3.05) is 26.0 Å². The largest absolute Gasteiger partial charge is 0.369 e. The molecule has 112 valence electrons. The summed E-state index contributed by atoms with van der Waals surface area (Å²) in [4.78, 5) is 17.7. The third kappa shape index (κ3) is 3.28. The molecule has 0 atom stereocenters. The summed E-state index contributed by atoms with van der Waals surface area (Å²) < 4.78 is 1.45. The molecule has 0 aromatic carbocycles. The quantitative estimate of drug-likeness (QED) is 0.937. The zero-order valence-corrected chi connectivity index (χ0v) is 13.4. The van der Waals surface area contributed by atoms with Crippen LogP contribution in [-0.2, 0) is 0 Å². The van der Waals surface area contributed by atoms with Crippen molar-refractivity contribution >= 4 is 34.9 Å². The minimum Gasteiger partial charge on any atom is -0.369 e. The summed E-state index contributed by atoms with van der Waals surface area (Å²) in [5.74, 6) is 0.745. The number of carbonyl (C=O) groups excluding carboxylic acids is 1. The number of aromatic nitrogens is 3. The molecular formula is C13H15Cl2N5O. The zero-order valence-electron chi connectivity index (χ0n) is 11.9. The summed E-state index contributed by atoms with van der Waals surface area (Å²) in [5, 5.41) is 8.03. The summed E-state index contributed by atoms with van der Waals surface area (Å²) in [6.07, 6.45) is 1.63. The second-order valence-corrected chi connectivity index (χ2v) is 5.31. The van der Waals surface area contributed by atoms with E-state index >= 15 is 0 Å². The number of pyridine rings is 1. The number of rotatable bonds is 4. The maximum absolute atomic E-state index is 11.9. The van der Waals surface area contributed by atoms with Crippen LogP contribution in [0.25, 0.3) is 5.82 Å². The highest BCUT2D eigenvalue weighted by molar-refractivity contribution is 6.36. The molecule has 0 radical (unpaired) electrons. The Bertz CT molecular complexity index is 669. The first-order valence-electron chi connectivity index (χ1n) is 6.31. The molecule has 1 N–H and O–H groups in total. The maximum atomic E-state index is 11.9. The van der Waals surface area contributed by atoms with Crippen LogP contribution < -0.4 is 5.32 Å². The number of nitrogens with one attached hydrogen (secondary N) is 1. The Balaban J connectivity index is 2.42. The summed E-state index contributed by atoms with van der Waals surface area (Å²) >= 11 is 12.2. The van der Waals surface area contributed by atoms with Gasteiger partial charge in [0.05, 0.1) is 10.0 Å². The summed E-state index contributed by atoms with van der Waals surface area (Å²) in [6.45, 7) is 2.62. The molecule has 0 spiro atoms. The molecule has 6 nitrogen and oxygen atoms in total. The molecule has 0 aliphatic rings. The van der Waals surface area contributed by atoms with Crippen LogP contribution in [0.3, 0.4) is 0 Å². The smallest absolute Gasteiger partial charge is 0.273 e. The second kappa shape index (κ2) is 6.32. The standard InChI is InChI=1S/C13H15Cl2N5O/c1-4-16-11-8(14)7-9(15)12(17-11)20-6-5-10(18-20)13(21)19(2)3/h5-7H,4H2,1-3H3,(H,16,17). The number of anilines is 1. The van der Waals surface area contributed by atoms with Gasteiger partial charge in [-0.2, -0.15) is 5.10 Å². The van der Waals surface area contributed by atoms with Crippen molar-refractivity contribution in [1.82, 2.24) is 19.7 Å². The number of hydrogen-bond donors (Lipinski definition) is 1. The van der Waals surface area contributed by atoms with E-state index in [1.165, 1.54) is 9.58 Å². The summed E-state index contributed by atoms with van der Waals surface area (Å²) in [6, 6.07) is 3.21. The van der Waals surface area contributed by atoms with E-state index < -0.39 is 0 Å². The van der Waals surface area contributed by atoms with Gasteiger partial charge >= 0.3 is 0 Å². The molecule has 0 aliphatic carbocycles. The molecule has 8 heteroatoms. The molecule has 2 aromatic rings. The van der Waals surface area contributed by atoms with Crippen molar-refractivity contribution in [3.63, 3.8) is 0 Å². The van der Waals surface area contributed by atoms with Gasteiger partial charge in [0.2, 0.25) is 0 Å². The molecule has 0 saturated heterocycles. The molecule has 2 rings (SSSR count). The van der Waals surface area contributed by atoms with Crippen LogP contribution in [0.1, 0.15) is 17.4 Å². The van der Waals surface area contributed by atoms with Crippen LogP contribution in [0, 0.1) is 0 Å². The third-order valence-corrected chi connectivity index (χ3v) is 3.25. The van der Waals surface area contributed by atoms with Gasteiger partial charge in [0.25, 0.3) is 5.91 Å². The lowest BCUT2D eigenvalue weighted by atomic mass is 10.4. The first-order chi connectivity index (χ1) is 9.93. The van der Waals surface area contributed by atoms with Crippen molar-refractivity contribution in [1.29, 1.82) is 0 Å². The van der Waals surface area contributed by atoms with Crippen LogP contribution in [-0.4, -0.2) is 46.2 Å². The van der Waals surface area contributed by atoms with Gasteiger partial charge in [-0.3, -0.25) is 4.79 Å². The van der Waals surface area contributed by atoms with Crippen molar-refractivity contribution in [3.8, 4) is 5.82 Å². The van der Waals surface area contributed by atoms with E-state index in [-0.39, 0.29) is 5.91 Å². The monoisotopic (exact) mass is 327 g/mol. The molecule has 21 heavy (non-hydrogen) atoms. The first-order valence-corrected chi connectivity index (χ1v) is 7.07. The molecule has 0 bridgehead atoms. The fourth-order valence-corrected chi connectivity index (χ4v) is 2.21. The molecule has 0 saturated carbocycles. The Morgan fingerprint density at radius 1 is 1.38 bits per heavy atom. The molecule has 0 aliphatic heterocycles. The Morgan fingerprint density at radius 2 is 2.10 bits per heavy atom. The minimum atomic E-state index is -0.189. The number of halogens is 2.